The summed E-state index contributed by atoms with van der Waals surface area (Å²) in [6.45, 7) is 9.09. The van der Waals surface area contributed by atoms with Gasteiger partial charge in [0, 0.05) is 11.7 Å². The maximum Gasteiger partial charge on any atom is 0.413 e. The Morgan fingerprint density at radius 3 is 2.55 bits per heavy atom. The first-order valence-electron chi connectivity index (χ1n) is 8.33. The predicted molar refractivity (Wildman–Crippen MR) is 87.2 cm³/mol. The van der Waals surface area contributed by atoms with Crippen molar-refractivity contribution in [3.8, 4) is 0 Å². The van der Waals surface area contributed by atoms with E-state index >= 15 is 0 Å². The molecular formula is C17H27N3O2. The highest BCUT2D eigenvalue weighted by Gasteiger charge is 2.28. The molecule has 1 saturated heterocycles. The number of anilines is 1. The summed E-state index contributed by atoms with van der Waals surface area (Å²) < 4.78 is 5.19. The van der Waals surface area contributed by atoms with Crippen LogP contribution in [0.2, 0.25) is 0 Å². The Balaban J connectivity index is 1.52. The lowest BCUT2D eigenvalue weighted by molar-refractivity contribution is 0.102. The van der Waals surface area contributed by atoms with E-state index in [0.29, 0.717) is 5.92 Å². The minimum Gasteiger partial charge on any atom is -0.446 e. The second-order valence-corrected chi connectivity index (χ2v) is 7.51. The van der Waals surface area contributed by atoms with E-state index in [1.54, 1.807) is 0 Å². The lowest BCUT2D eigenvalue weighted by Crippen LogP contribution is -2.45. The largest absolute Gasteiger partial charge is 0.446 e. The van der Waals surface area contributed by atoms with E-state index in [2.05, 4.69) is 36.0 Å². The van der Waals surface area contributed by atoms with Gasteiger partial charge in [-0.15, -0.1) is 0 Å². The van der Waals surface area contributed by atoms with Crippen molar-refractivity contribution in [1.82, 2.24) is 9.88 Å². The van der Waals surface area contributed by atoms with Crippen LogP contribution in [0.1, 0.15) is 57.9 Å². The van der Waals surface area contributed by atoms with Gasteiger partial charge in [-0.2, -0.15) is 0 Å². The van der Waals surface area contributed by atoms with Crippen LogP contribution in [0.15, 0.2) is 12.3 Å². The van der Waals surface area contributed by atoms with Crippen molar-refractivity contribution < 1.29 is 9.53 Å². The molecular weight excluding hydrogens is 278 g/mol. The monoisotopic (exact) mass is 305 g/mol. The van der Waals surface area contributed by atoms with Crippen molar-refractivity contribution in [3.63, 3.8) is 0 Å². The number of carbonyl (C=O) groups is 1. The SMILES string of the molecule is CC(C)(C)N1CCC(c2c[nH]c(NC(=O)OC3CC3)c2)CC1. The highest BCUT2D eigenvalue weighted by atomic mass is 16.6. The number of H-pyrrole nitrogens is 1. The second kappa shape index (κ2) is 5.95. The molecule has 122 valence electrons. The number of aromatic amines is 1. The van der Waals surface area contributed by atoms with Crippen LogP contribution < -0.4 is 5.32 Å². The van der Waals surface area contributed by atoms with Gasteiger partial charge in [-0.25, -0.2) is 4.79 Å². The molecule has 5 nitrogen and oxygen atoms in total. The zero-order valence-corrected chi connectivity index (χ0v) is 13.8. The van der Waals surface area contributed by atoms with Crippen molar-refractivity contribution in [2.75, 3.05) is 18.4 Å². The number of nitrogens with one attached hydrogen (secondary N) is 2. The second-order valence-electron chi connectivity index (χ2n) is 7.51. The molecule has 1 aromatic rings. The quantitative estimate of drug-likeness (QED) is 0.895. The zero-order chi connectivity index (χ0) is 15.7. The molecule has 2 N–H and O–H groups in total. The number of ether oxygens (including phenoxy) is 1. The molecule has 3 rings (SSSR count). The molecule has 0 unspecified atom stereocenters. The van der Waals surface area contributed by atoms with Crippen LogP contribution in [0.25, 0.3) is 0 Å². The average Bonchev–Trinajstić information content (AvgIpc) is 3.14. The van der Waals surface area contributed by atoms with E-state index in [0.717, 1.165) is 31.7 Å². The average molecular weight is 305 g/mol. The summed E-state index contributed by atoms with van der Waals surface area (Å²) >= 11 is 0. The maximum atomic E-state index is 11.6. The molecule has 1 aliphatic heterocycles. The fourth-order valence-electron chi connectivity index (χ4n) is 3.08. The van der Waals surface area contributed by atoms with Crippen LogP contribution in [0.5, 0.6) is 0 Å². The zero-order valence-electron chi connectivity index (χ0n) is 13.8. The summed E-state index contributed by atoms with van der Waals surface area (Å²) in [5.41, 5.74) is 1.54. The number of carbonyl (C=O) groups excluding carboxylic acids is 1. The molecule has 22 heavy (non-hydrogen) atoms. The number of piperidine rings is 1. The van der Waals surface area contributed by atoms with E-state index in [4.69, 9.17) is 4.74 Å². The first kappa shape index (κ1) is 15.4. The molecule has 1 amide bonds. The number of aromatic nitrogens is 1. The Bertz CT molecular complexity index is 520. The Labute approximate surface area is 132 Å². The molecule has 2 aliphatic rings. The van der Waals surface area contributed by atoms with Gasteiger partial charge in [-0.05, 0) is 77.1 Å². The third kappa shape index (κ3) is 3.83. The highest BCUT2D eigenvalue weighted by molar-refractivity contribution is 5.83. The Kier molecular flexibility index (Phi) is 4.17. The van der Waals surface area contributed by atoms with Gasteiger partial charge >= 0.3 is 6.09 Å². The van der Waals surface area contributed by atoms with Gasteiger partial charge in [0.15, 0.2) is 0 Å². The van der Waals surface area contributed by atoms with Crippen molar-refractivity contribution in [2.45, 2.75) is 64.0 Å². The topological polar surface area (TPSA) is 57.4 Å². The van der Waals surface area contributed by atoms with Crippen molar-refractivity contribution >= 4 is 11.9 Å². The summed E-state index contributed by atoms with van der Waals surface area (Å²) in [5.74, 6) is 1.31. The fourth-order valence-corrected chi connectivity index (χ4v) is 3.08. The Hall–Kier alpha value is -1.49. The van der Waals surface area contributed by atoms with Crippen LogP contribution in [0.4, 0.5) is 10.6 Å². The van der Waals surface area contributed by atoms with E-state index in [1.165, 1.54) is 18.4 Å². The number of likely N-dealkylation sites (tertiary alicyclic amines) is 1. The van der Waals surface area contributed by atoms with E-state index < -0.39 is 0 Å². The minimum absolute atomic E-state index is 0.135. The number of rotatable bonds is 3. The molecule has 0 aromatic carbocycles. The van der Waals surface area contributed by atoms with Crippen LogP contribution in [-0.4, -0.2) is 40.7 Å². The molecule has 0 spiro atoms. The summed E-state index contributed by atoms with van der Waals surface area (Å²) in [4.78, 5) is 17.3. The molecule has 1 saturated carbocycles. The van der Waals surface area contributed by atoms with Crippen molar-refractivity contribution in [1.29, 1.82) is 0 Å². The Morgan fingerprint density at radius 1 is 1.27 bits per heavy atom. The summed E-state index contributed by atoms with van der Waals surface area (Å²) in [5, 5.41) is 2.78. The highest BCUT2D eigenvalue weighted by Crippen LogP contribution is 2.32. The first-order chi connectivity index (χ1) is 10.4. The summed E-state index contributed by atoms with van der Waals surface area (Å²) in [6, 6.07) is 2.05. The van der Waals surface area contributed by atoms with Crippen molar-refractivity contribution in [2.24, 2.45) is 0 Å². The lowest BCUT2D eigenvalue weighted by Gasteiger charge is -2.40. The van der Waals surface area contributed by atoms with Crippen LogP contribution in [0, 0.1) is 0 Å². The number of amides is 1. The normalized spacial score (nSPS) is 20.9. The van der Waals surface area contributed by atoms with Gasteiger partial charge in [0.2, 0.25) is 0 Å². The van der Waals surface area contributed by atoms with Gasteiger partial charge < -0.3 is 9.72 Å². The van der Waals surface area contributed by atoms with E-state index in [9.17, 15) is 4.79 Å². The van der Waals surface area contributed by atoms with E-state index in [1.807, 2.05) is 12.3 Å². The third-order valence-electron chi connectivity index (χ3n) is 4.66. The van der Waals surface area contributed by atoms with Crippen LogP contribution in [0.3, 0.4) is 0 Å². The number of hydrogen-bond donors (Lipinski definition) is 2. The molecule has 2 fully saturated rings. The molecule has 2 heterocycles. The standard InChI is InChI=1S/C17H27N3O2/c1-17(2,3)20-8-6-12(7-9-20)13-10-15(18-11-13)19-16(21)22-14-4-5-14/h10-12,14,18H,4-9H2,1-3H3,(H,19,21). The smallest absolute Gasteiger partial charge is 0.413 e. The first-order valence-corrected chi connectivity index (χ1v) is 8.33. The van der Waals surface area contributed by atoms with Gasteiger partial charge in [0.1, 0.15) is 11.9 Å². The van der Waals surface area contributed by atoms with Gasteiger partial charge in [-0.3, -0.25) is 10.2 Å². The summed E-state index contributed by atoms with van der Waals surface area (Å²) in [6.07, 6.45) is 6.13. The maximum absolute atomic E-state index is 11.6. The minimum atomic E-state index is -0.349. The number of hydrogen-bond acceptors (Lipinski definition) is 3. The third-order valence-corrected chi connectivity index (χ3v) is 4.66. The lowest BCUT2D eigenvalue weighted by atomic mass is 9.89. The van der Waals surface area contributed by atoms with Gasteiger partial charge in [0.25, 0.3) is 0 Å². The van der Waals surface area contributed by atoms with E-state index in [-0.39, 0.29) is 17.7 Å². The van der Waals surface area contributed by atoms with Crippen molar-refractivity contribution in [3.05, 3.63) is 17.8 Å². The molecule has 1 aliphatic carbocycles. The molecule has 5 heteroatoms. The van der Waals surface area contributed by atoms with Crippen LogP contribution >= 0.6 is 0 Å². The fraction of sp³-hybridized carbons (Fsp3) is 0.706. The molecule has 0 radical (unpaired) electrons. The predicted octanol–water partition coefficient (Wildman–Crippen LogP) is 3.70. The Morgan fingerprint density at radius 2 is 1.95 bits per heavy atom. The van der Waals surface area contributed by atoms with Gasteiger partial charge in [0.05, 0.1) is 0 Å². The molecule has 1 aromatic heterocycles. The molecule has 0 bridgehead atoms. The van der Waals surface area contributed by atoms with Gasteiger partial charge in [-0.1, -0.05) is 0 Å². The van der Waals surface area contributed by atoms with Crippen LogP contribution in [-0.2, 0) is 4.74 Å². The molecule has 0 atom stereocenters. The number of nitrogens with zero attached hydrogens (tertiary/aromatic N) is 1. The summed E-state index contributed by atoms with van der Waals surface area (Å²) in [7, 11) is 0.